The molecule has 1 aliphatic heterocycles. The Morgan fingerprint density at radius 3 is 2.76 bits per heavy atom. The fraction of sp³-hybridized carbons (Fsp3) is 0.923. The average molecular weight is 242 g/mol. The summed E-state index contributed by atoms with van der Waals surface area (Å²) in [6.07, 6.45) is 2.03. The average Bonchev–Trinajstić information content (AvgIpc) is 2.78. The summed E-state index contributed by atoms with van der Waals surface area (Å²) in [7, 11) is 0. The molecule has 4 heteroatoms. The molecule has 1 rings (SSSR count). The zero-order chi connectivity index (χ0) is 12.7. The summed E-state index contributed by atoms with van der Waals surface area (Å²) in [6.45, 7) is 10.9. The molecule has 4 nitrogen and oxygen atoms in total. The van der Waals surface area contributed by atoms with Crippen LogP contribution >= 0.6 is 0 Å². The molecule has 2 unspecified atom stereocenters. The van der Waals surface area contributed by atoms with E-state index >= 15 is 0 Å². The summed E-state index contributed by atoms with van der Waals surface area (Å²) in [5, 5.41) is 3.34. The van der Waals surface area contributed by atoms with Gasteiger partial charge in [-0.3, -0.25) is 4.79 Å². The molecule has 1 aliphatic rings. The molecule has 1 heterocycles. The fourth-order valence-electron chi connectivity index (χ4n) is 2.31. The van der Waals surface area contributed by atoms with Gasteiger partial charge in [-0.2, -0.15) is 0 Å². The Kier molecular flexibility index (Phi) is 6.52. The molecule has 0 saturated carbocycles. The van der Waals surface area contributed by atoms with Crippen LogP contribution in [0.3, 0.4) is 0 Å². The van der Waals surface area contributed by atoms with E-state index in [0.717, 1.165) is 26.1 Å². The number of carbonyl (C=O) groups excluding carboxylic acids is 1. The van der Waals surface area contributed by atoms with Gasteiger partial charge in [-0.1, -0.05) is 13.8 Å². The van der Waals surface area contributed by atoms with Gasteiger partial charge in [0.15, 0.2) is 0 Å². The Bertz CT molecular complexity index is 233. The first kappa shape index (κ1) is 14.5. The lowest BCUT2D eigenvalue weighted by Crippen LogP contribution is -2.40. The maximum absolute atomic E-state index is 11.6. The molecule has 100 valence electrons. The van der Waals surface area contributed by atoms with Crippen LogP contribution in [0.1, 0.15) is 33.6 Å². The summed E-state index contributed by atoms with van der Waals surface area (Å²) in [5.74, 6) is 0.568. The molecule has 0 aliphatic carbocycles. The molecule has 2 atom stereocenters. The van der Waals surface area contributed by atoms with Gasteiger partial charge in [-0.15, -0.1) is 0 Å². The van der Waals surface area contributed by atoms with E-state index < -0.39 is 0 Å². The van der Waals surface area contributed by atoms with Gasteiger partial charge in [0.1, 0.15) is 6.04 Å². The van der Waals surface area contributed by atoms with E-state index in [1.54, 1.807) is 0 Å². The monoisotopic (exact) mass is 242 g/mol. The highest BCUT2D eigenvalue weighted by molar-refractivity contribution is 5.75. The van der Waals surface area contributed by atoms with Crippen LogP contribution in [0, 0.1) is 5.92 Å². The molecule has 0 spiro atoms. The van der Waals surface area contributed by atoms with E-state index in [-0.39, 0.29) is 12.0 Å². The summed E-state index contributed by atoms with van der Waals surface area (Å²) < 4.78 is 5.04. The summed E-state index contributed by atoms with van der Waals surface area (Å²) >= 11 is 0. The highest BCUT2D eigenvalue weighted by atomic mass is 16.5. The zero-order valence-corrected chi connectivity index (χ0v) is 11.4. The van der Waals surface area contributed by atoms with Gasteiger partial charge >= 0.3 is 5.97 Å². The van der Waals surface area contributed by atoms with Gasteiger partial charge in [-0.25, -0.2) is 0 Å². The largest absolute Gasteiger partial charge is 0.465 e. The molecule has 1 fully saturated rings. The zero-order valence-electron chi connectivity index (χ0n) is 11.4. The number of ether oxygens (including phenoxy) is 1. The quantitative estimate of drug-likeness (QED) is 0.682. The minimum Gasteiger partial charge on any atom is -0.465 e. The number of rotatable bonds is 7. The molecule has 0 radical (unpaired) electrons. The second kappa shape index (κ2) is 7.67. The van der Waals surface area contributed by atoms with Crippen LogP contribution in [-0.4, -0.2) is 49.7 Å². The highest BCUT2D eigenvalue weighted by Gasteiger charge is 2.23. The topological polar surface area (TPSA) is 41.6 Å². The minimum atomic E-state index is -0.134. The van der Waals surface area contributed by atoms with Crippen LogP contribution in [0.5, 0.6) is 0 Å². The lowest BCUT2D eigenvalue weighted by molar-refractivity contribution is -0.145. The minimum absolute atomic E-state index is 0.111. The SMILES string of the molecule is CCOC(=O)C(CC)NCC1CCN(CC)C1. The number of hydrogen-bond donors (Lipinski definition) is 1. The van der Waals surface area contributed by atoms with E-state index in [9.17, 15) is 4.79 Å². The van der Waals surface area contributed by atoms with Crippen molar-refractivity contribution >= 4 is 5.97 Å². The molecule has 0 aromatic heterocycles. The van der Waals surface area contributed by atoms with Gasteiger partial charge in [0.05, 0.1) is 6.61 Å². The van der Waals surface area contributed by atoms with Gasteiger partial charge < -0.3 is 15.0 Å². The third-order valence-corrected chi connectivity index (χ3v) is 3.45. The number of likely N-dealkylation sites (tertiary alicyclic amines) is 1. The van der Waals surface area contributed by atoms with Crippen molar-refractivity contribution in [3.8, 4) is 0 Å². The maximum Gasteiger partial charge on any atom is 0.323 e. The van der Waals surface area contributed by atoms with Crippen molar-refractivity contribution in [2.75, 3.05) is 32.8 Å². The smallest absolute Gasteiger partial charge is 0.323 e. The number of nitrogens with one attached hydrogen (secondary N) is 1. The normalized spacial score (nSPS) is 22.6. The molecule has 0 bridgehead atoms. The first-order chi connectivity index (χ1) is 8.21. The predicted molar refractivity (Wildman–Crippen MR) is 68.9 cm³/mol. The molecule has 0 amide bonds. The Balaban J connectivity index is 2.26. The lowest BCUT2D eigenvalue weighted by Gasteiger charge is -2.18. The standard InChI is InChI=1S/C13H26N2O2/c1-4-12(13(16)17-6-3)14-9-11-7-8-15(5-2)10-11/h11-12,14H,4-10H2,1-3H3. The van der Waals surface area contributed by atoms with E-state index in [4.69, 9.17) is 4.74 Å². The molecule has 0 aromatic carbocycles. The number of nitrogens with zero attached hydrogens (tertiary/aromatic N) is 1. The Morgan fingerprint density at radius 2 is 2.24 bits per heavy atom. The van der Waals surface area contributed by atoms with E-state index in [1.807, 2.05) is 13.8 Å². The number of hydrogen-bond acceptors (Lipinski definition) is 4. The van der Waals surface area contributed by atoms with Crippen molar-refractivity contribution in [2.24, 2.45) is 5.92 Å². The molecule has 1 N–H and O–H groups in total. The summed E-state index contributed by atoms with van der Waals surface area (Å²) in [5.41, 5.74) is 0. The van der Waals surface area contributed by atoms with Crippen LogP contribution in [0.2, 0.25) is 0 Å². The van der Waals surface area contributed by atoms with Crippen molar-refractivity contribution in [1.82, 2.24) is 10.2 Å². The lowest BCUT2D eigenvalue weighted by atomic mass is 10.1. The third kappa shape index (κ3) is 4.64. The molecule has 1 saturated heterocycles. The van der Waals surface area contributed by atoms with Gasteiger partial charge in [-0.05, 0) is 38.8 Å². The Labute approximate surface area is 105 Å². The maximum atomic E-state index is 11.6. The summed E-state index contributed by atoms with van der Waals surface area (Å²) in [6, 6.07) is -0.134. The highest BCUT2D eigenvalue weighted by Crippen LogP contribution is 2.14. The first-order valence-electron chi connectivity index (χ1n) is 6.83. The molecular weight excluding hydrogens is 216 g/mol. The van der Waals surface area contributed by atoms with E-state index in [1.165, 1.54) is 13.0 Å². The van der Waals surface area contributed by atoms with E-state index in [2.05, 4.69) is 17.1 Å². The van der Waals surface area contributed by atoms with Crippen molar-refractivity contribution < 1.29 is 9.53 Å². The van der Waals surface area contributed by atoms with Crippen LogP contribution in [0.25, 0.3) is 0 Å². The van der Waals surface area contributed by atoms with Crippen molar-refractivity contribution in [3.63, 3.8) is 0 Å². The van der Waals surface area contributed by atoms with E-state index in [0.29, 0.717) is 12.5 Å². The van der Waals surface area contributed by atoms with Crippen LogP contribution in [0.15, 0.2) is 0 Å². The van der Waals surface area contributed by atoms with Crippen molar-refractivity contribution in [3.05, 3.63) is 0 Å². The van der Waals surface area contributed by atoms with Gasteiger partial charge in [0.2, 0.25) is 0 Å². The number of carbonyl (C=O) groups is 1. The fourth-order valence-corrected chi connectivity index (χ4v) is 2.31. The summed E-state index contributed by atoms with van der Waals surface area (Å²) in [4.78, 5) is 14.1. The van der Waals surface area contributed by atoms with Gasteiger partial charge in [0, 0.05) is 13.1 Å². The van der Waals surface area contributed by atoms with Gasteiger partial charge in [0.25, 0.3) is 0 Å². The number of esters is 1. The second-order valence-corrected chi connectivity index (χ2v) is 4.67. The third-order valence-electron chi connectivity index (χ3n) is 3.45. The second-order valence-electron chi connectivity index (χ2n) is 4.67. The Hall–Kier alpha value is -0.610. The molecule has 17 heavy (non-hydrogen) atoms. The molecular formula is C13H26N2O2. The van der Waals surface area contributed by atoms with Crippen LogP contribution in [-0.2, 0) is 9.53 Å². The molecule has 0 aromatic rings. The predicted octanol–water partition coefficient (Wildman–Crippen LogP) is 1.26. The van der Waals surface area contributed by atoms with Crippen LogP contribution < -0.4 is 5.32 Å². The van der Waals surface area contributed by atoms with Crippen LogP contribution in [0.4, 0.5) is 0 Å². The van der Waals surface area contributed by atoms with Crippen molar-refractivity contribution in [2.45, 2.75) is 39.7 Å². The Morgan fingerprint density at radius 1 is 1.47 bits per heavy atom. The first-order valence-corrected chi connectivity index (χ1v) is 6.83. The van der Waals surface area contributed by atoms with Crippen molar-refractivity contribution in [1.29, 1.82) is 0 Å².